The van der Waals surface area contributed by atoms with Crippen LogP contribution in [0, 0.1) is 11.3 Å². The van der Waals surface area contributed by atoms with Crippen molar-refractivity contribution in [2.45, 2.75) is 40.0 Å². The normalized spacial score (nSPS) is 19.0. The molecule has 0 aromatic heterocycles. The average molecular weight is 247 g/mol. The molecule has 4 heteroatoms. The summed E-state index contributed by atoms with van der Waals surface area (Å²) in [6.07, 6.45) is 3.23. The first kappa shape index (κ1) is 14.0. The highest BCUT2D eigenvalue weighted by atomic mass is 32.2. The van der Waals surface area contributed by atoms with Crippen LogP contribution in [0.4, 0.5) is 0 Å². The predicted octanol–water partition coefficient (Wildman–Crippen LogP) is 1.84. The lowest BCUT2D eigenvalue weighted by atomic mass is 10.0. The van der Waals surface area contributed by atoms with Crippen LogP contribution in [-0.4, -0.2) is 33.0 Å². The van der Waals surface area contributed by atoms with E-state index in [0.717, 1.165) is 19.5 Å². The van der Waals surface area contributed by atoms with Crippen LogP contribution in [0.5, 0.6) is 0 Å². The van der Waals surface area contributed by atoms with Crippen molar-refractivity contribution in [3.8, 4) is 0 Å². The predicted molar refractivity (Wildman–Crippen MR) is 68.3 cm³/mol. The summed E-state index contributed by atoms with van der Waals surface area (Å²) in [5.74, 6) is 1.31. The van der Waals surface area contributed by atoms with Crippen molar-refractivity contribution in [1.29, 1.82) is 0 Å². The molecule has 0 bridgehead atoms. The van der Waals surface area contributed by atoms with E-state index in [-0.39, 0.29) is 5.75 Å². The zero-order valence-electron chi connectivity index (χ0n) is 10.8. The molecule has 96 valence electrons. The summed E-state index contributed by atoms with van der Waals surface area (Å²) in [5, 5.41) is 3.45. The molecule has 3 nitrogen and oxygen atoms in total. The third-order valence-corrected chi connectivity index (χ3v) is 5.10. The number of rotatable bonds is 8. The molecule has 0 amide bonds. The largest absolute Gasteiger partial charge is 0.316 e. The molecule has 1 fully saturated rings. The van der Waals surface area contributed by atoms with E-state index < -0.39 is 9.84 Å². The molecule has 0 spiro atoms. The molecular weight excluding hydrogens is 222 g/mol. The Balaban J connectivity index is 2.25. The van der Waals surface area contributed by atoms with Gasteiger partial charge in [-0.1, -0.05) is 20.8 Å². The van der Waals surface area contributed by atoms with Gasteiger partial charge in [-0.05, 0) is 37.1 Å². The lowest BCUT2D eigenvalue weighted by Gasteiger charge is -2.16. The van der Waals surface area contributed by atoms with E-state index in [0.29, 0.717) is 17.1 Å². The Hall–Kier alpha value is -0.0900. The first-order valence-electron chi connectivity index (χ1n) is 6.30. The van der Waals surface area contributed by atoms with Crippen molar-refractivity contribution >= 4 is 9.84 Å². The number of hydrogen-bond donors (Lipinski definition) is 1. The summed E-state index contributed by atoms with van der Waals surface area (Å²) in [4.78, 5) is 0. The molecule has 0 aromatic carbocycles. The molecule has 0 radical (unpaired) electrons. The Bertz CT molecular complexity index is 305. The van der Waals surface area contributed by atoms with Crippen molar-refractivity contribution in [1.82, 2.24) is 5.32 Å². The Morgan fingerprint density at radius 2 is 1.94 bits per heavy atom. The maximum absolute atomic E-state index is 11.4. The van der Waals surface area contributed by atoms with Crippen LogP contribution in [0.15, 0.2) is 0 Å². The molecule has 0 unspecified atom stereocenters. The number of sulfone groups is 1. The summed E-state index contributed by atoms with van der Waals surface area (Å²) in [7, 11) is -2.78. The maximum atomic E-state index is 11.4. The fourth-order valence-corrected chi connectivity index (χ4v) is 2.87. The standard InChI is InChI=1S/C12H25NO2S/c1-4-16(14,15)8-7-12(5-6-12)10-13-9-11(2)3/h11,13H,4-10H2,1-3H3. The minimum Gasteiger partial charge on any atom is -0.316 e. The van der Waals surface area contributed by atoms with Crippen LogP contribution in [0.1, 0.15) is 40.0 Å². The van der Waals surface area contributed by atoms with Crippen LogP contribution in [0.25, 0.3) is 0 Å². The smallest absolute Gasteiger partial charge is 0.150 e. The first-order chi connectivity index (χ1) is 7.39. The van der Waals surface area contributed by atoms with Gasteiger partial charge in [0.25, 0.3) is 0 Å². The van der Waals surface area contributed by atoms with E-state index in [1.165, 1.54) is 12.8 Å². The summed E-state index contributed by atoms with van der Waals surface area (Å²) in [5.41, 5.74) is 0.303. The summed E-state index contributed by atoms with van der Waals surface area (Å²) < 4.78 is 22.9. The molecule has 1 saturated carbocycles. The quantitative estimate of drug-likeness (QED) is 0.712. The number of hydrogen-bond acceptors (Lipinski definition) is 3. The second-order valence-corrected chi connectivity index (χ2v) is 7.98. The Morgan fingerprint density at radius 3 is 2.38 bits per heavy atom. The van der Waals surface area contributed by atoms with E-state index >= 15 is 0 Å². The molecule has 0 aromatic rings. The minimum atomic E-state index is -2.78. The van der Waals surface area contributed by atoms with Gasteiger partial charge in [-0.25, -0.2) is 8.42 Å². The van der Waals surface area contributed by atoms with Gasteiger partial charge in [0, 0.05) is 12.3 Å². The van der Waals surface area contributed by atoms with Gasteiger partial charge in [0.05, 0.1) is 5.75 Å². The van der Waals surface area contributed by atoms with Crippen molar-refractivity contribution in [3.05, 3.63) is 0 Å². The van der Waals surface area contributed by atoms with E-state index in [9.17, 15) is 8.42 Å². The minimum absolute atomic E-state index is 0.280. The monoisotopic (exact) mass is 247 g/mol. The van der Waals surface area contributed by atoms with Crippen LogP contribution < -0.4 is 5.32 Å². The van der Waals surface area contributed by atoms with Gasteiger partial charge in [0.2, 0.25) is 0 Å². The average Bonchev–Trinajstić information content (AvgIpc) is 2.96. The maximum Gasteiger partial charge on any atom is 0.150 e. The summed E-state index contributed by atoms with van der Waals surface area (Å²) in [6, 6.07) is 0. The van der Waals surface area contributed by atoms with Crippen LogP contribution in [0.3, 0.4) is 0 Å². The zero-order chi connectivity index (χ0) is 12.2. The van der Waals surface area contributed by atoms with E-state index in [4.69, 9.17) is 0 Å². The molecule has 0 saturated heterocycles. The Morgan fingerprint density at radius 1 is 1.31 bits per heavy atom. The van der Waals surface area contributed by atoms with Gasteiger partial charge in [0.15, 0.2) is 0 Å². The van der Waals surface area contributed by atoms with Gasteiger partial charge in [-0.2, -0.15) is 0 Å². The highest BCUT2D eigenvalue weighted by molar-refractivity contribution is 7.91. The fraction of sp³-hybridized carbons (Fsp3) is 1.00. The van der Waals surface area contributed by atoms with E-state index in [1.807, 2.05) is 0 Å². The van der Waals surface area contributed by atoms with Gasteiger partial charge in [-0.15, -0.1) is 0 Å². The SMILES string of the molecule is CCS(=O)(=O)CCC1(CNCC(C)C)CC1. The molecule has 1 rings (SSSR count). The van der Waals surface area contributed by atoms with Gasteiger partial charge >= 0.3 is 0 Å². The van der Waals surface area contributed by atoms with E-state index in [2.05, 4.69) is 19.2 Å². The first-order valence-corrected chi connectivity index (χ1v) is 8.12. The molecular formula is C12H25NO2S. The summed E-state index contributed by atoms with van der Waals surface area (Å²) in [6.45, 7) is 8.13. The lowest BCUT2D eigenvalue weighted by molar-refractivity contribution is 0.422. The number of nitrogens with one attached hydrogen (secondary N) is 1. The lowest BCUT2D eigenvalue weighted by Crippen LogP contribution is -2.28. The van der Waals surface area contributed by atoms with Crippen LogP contribution >= 0.6 is 0 Å². The van der Waals surface area contributed by atoms with Crippen LogP contribution in [0.2, 0.25) is 0 Å². The molecule has 1 aliphatic carbocycles. The molecule has 0 atom stereocenters. The highest BCUT2D eigenvalue weighted by Gasteiger charge is 2.42. The second-order valence-electron chi connectivity index (χ2n) is 5.51. The second kappa shape index (κ2) is 5.50. The Labute approximate surface area is 99.9 Å². The fourth-order valence-electron chi connectivity index (χ4n) is 1.83. The molecule has 0 heterocycles. The highest BCUT2D eigenvalue weighted by Crippen LogP contribution is 2.48. The summed E-state index contributed by atoms with van der Waals surface area (Å²) >= 11 is 0. The molecule has 1 aliphatic rings. The van der Waals surface area contributed by atoms with Crippen LogP contribution in [-0.2, 0) is 9.84 Å². The molecule has 1 N–H and O–H groups in total. The zero-order valence-corrected chi connectivity index (χ0v) is 11.6. The topological polar surface area (TPSA) is 46.2 Å². The van der Waals surface area contributed by atoms with Crippen molar-refractivity contribution < 1.29 is 8.42 Å². The van der Waals surface area contributed by atoms with Gasteiger partial charge < -0.3 is 5.32 Å². The van der Waals surface area contributed by atoms with Crippen molar-refractivity contribution in [3.63, 3.8) is 0 Å². The third-order valence-electron chi connectivity index (χ3n) is 3.39. The van der Waals surface area contributed by atoms with Gasteiger partial charge in [0.1, 0.15) is 9.84 Å². The van der Waals surface area contributed by atoms with E-state index in [1.54, 1.807) is 6.92 Å². The van der Waals surface area contributed by atoms with Gasteiger partial charge in [-0.3, -0.25) is 0 Å². The third kappa shape index (κ3) is 4.83. The Kier molecular flexibility index (Phi) is 4.80. The van der Waals surface area contributed by atoms with Crippen molar-refractivity contribution in [2.24, 2.45) is 11.3 Å². The van der Waals surface area contributed by atoms with Crippen molar-refractivity contribution in [2.75, 3.05) is 24.6 Å². The molecule has 0 aliphatic heterocycles. The molecule has 16 heavy (non-hydrogen) atoms.